The number of hydrogen-bond acceptors (Lipinski definition) is 8. The Morgan fingerprint density at radius 3 is 2.55 bits per heavy atom. The van der Waals surface area contributed by atoms with Crippen molar-refractivity contribution in [2.24, 2.45) is 0 Å². The fraction of sp³-hybridized carbons (Fsp3) is 0.571. The summed E-state index contributed by atoms with van der Waals surface area (Å²) in [6, 6.07) is 7.15. The lowest BCUT2D eigenvalue weighted by Crippen LogP contribution is -2.57. The van der Waals surface area contributed by atoms with Gasteiger partial charge in [0.25, 0.3) is 5.91 Å². The van der Waals surface area contributed by atoms with Crippen LogP contribution in [0.2, 0.25) is 0 Å². The topological polar surface area (TPSA) is 112 Å². The summed E-state index contributed by atoms with van der Waals surface area (Å²) in [4.78, 5) is 16.9. The Morgan fingerprint density at radius 1 is 1.16 bits per heavy atom. The predicted octanol–water partition coefficient (Wildman–Crippen LogP) is 2.26. The van der Waals surface area contributed by atoms with Crippen molar-refractivity contribution in [3.05, 3.63) is 34.1 Å². The van der Waals surface area contributed by atoms with Gasteiger partial charge in [0.05, 0.1) is 5.69 Å². The van der Waals surface area contributed by atoms with E-state index >= 15 is 0 Å². The Morgan fingerprint density at radius 2 is 1.84 bits per heavy atom. The van der Waals surface area contributed by atoms with Gasteiger partial charge in [0.1, 0.15) is 40.7 Å². The molecule has 1 aromatic heterocycles. The van der Waals surface area contributed by atoms with Crippen LogP contribution in [0.3, 0.4) is 0 Å². The van der Waals surface area contributed by atoms with Crippen LogP contribution in [0.15, 0.2) is 28.4 Å². The normalized spacial score (nSPS) is 33.3. The number of aromatic nitrogens is 1. The van der Waals surface area contributed by atoms with Crippen LogP contribution < -0.4 is 5.32 Å². The van der Waals surface area contributed by atoms with E-state index in [9.17, 15) is 10.1 Å². The van der Waals surface area contributed by atoms with Gasteiger partial charge in [-0.1, -0.05) is 6.07 Å². The summed E-state index contributed by atoms with van der Waals surface area (Å²) >= 11 is 3.27. The molecule has 9 nitrogen and oxygen atoms in total. The zero-order chi connectivity index (χ0) is 22.4. The highest BCUT2D eigenvalue weighted by Crippen LogP contribution is 2.43. The molecule has 3 aliphatic rings. The number of fused-ring (bicyclic) bond motifs is 3. The molecule has 0 radical (unpaired) electrons. The minimum absolute atomic E-state index is 0.0682. The third kappa shape index (κ3) is 4.82. The Hall–Kier alpha value is -1.87. The van der Waals surface area contributed by atoms with Crippen LogP contribution in [0.4, 0.5) is 0 Å². The zero-order valence-corrected chi connectivity index (χ0v) is 19.2. The second-order valence-corrected chi connectivity index (χ2v) is 9.29. The highest BCUT2D eigenvalue weighted by atomic mass is 79.9. The van der Waals surface area contributed by atoms with E-state index in [2.05, 4.69) is 26.2 Å². The highest BCUT2D eigenvalue weighted by Gasteiger charge is 2.60. The van der Waals surface area contributed by atoms with E-state index in [1.165, 1.54) is 6.08 Å². The molecule has 4 rings (SSSR count). The van der Waals surface area contributed by atoms with Gasteiger partial charge >= 0.3 is 0 Å². The van der Waals surface area contributed by atoms with Crippen molar-refractivity contribution >= 4 is 27.9 Å². The van der Waals surface area contributed by atoms with Crippen LogP contribution in [0, 0.1) is 11.3 Å². The average Bonchev–Trinajstić information content (AvgIpc) is 3.18. The highest BCUT2D eigenvalue weighted by molar-refractivity contribution is 9.10. The van der Waals surface area contributed by atoms with E-state index in [-0.39, 0.29) is 12.1 Å². The van der Waals surface area contributed by atoms with Gasteiger partial charge in [-0.05, 0) is 61.8 Å². The molecule has 3 aliphatic heterocycles. The van der Waals surface area contributed by atoms with Crippen molar-refractivity contribution < 1.29 is 28.5 Å². The molecule has 1 aromatic rings. The average molecular weight is 494 g/mol. The molecule has 3 saturated heterocycles. The Bertz CT molecular complexity index is 943. The number of nitriles is 1. The number of rotatable bonds is 4. The lowest BCUT2D eigenvalue weighted by Gasteiger charge is -2.37. The molecular formula is C21H24BrN3O6. The van der Waals surface area contributed by atoms with Gasteiger partial charge in [-0.3, -0.25) is 4.79 Å². The second-order valence-electron chi connectivity index (χ2n) is 8.47. The Balaban J connectivity index is 1.47. The first-order valence-electron chi connectivity index (χ1n) is 9.96. The van der Waals surface area contributed by atoms with Crippen molar-refractivity contribution in [2.75, 3.05) is 6.54 Å². The van der Waals surface area contributed by atoms with Crippen LogP contribution in [-0.2, 0) is 28.5 Å². The van der Waals surface area contributed by atoms with Gasteiger partial charge in [-0.2, -0.15) is 5.26 Å². The van der Waals surface area contributed by atoms with Gasteiger partial charge < -0.3 is 29.0 Å². The van der Waals surface area contributed by atoms with E-state index < -0.39 is 48.2 Å². The van der Waals surface area contributed by atoms with E-state index in [0.717, 1.165) is 0 Å². The van der Waals surface area contributed by atoms with Crippen molar-refractivity contribution in [3.63, 3.8) is 0 Å². The third-order valence-corrected chi connectivity index (χ3v) is 5.55. The molecular weight excluding hydrogens is 470 g/mol. The Labute approximate surface area is 188 Å². The molecule has 166 valence electrons. The second kappa shape index (κ2) is 8.24. The summed E-state index contributed by atoms with van der Waals surface area (Å²) in [5, 5.41) is 12.2. The minimum Gasteiger partial charge on any atom is -0.349 e. The van der Waals surface area contributed by atoms with Crippen LogP contribution >= 0.6 is 15.9 Å². The lowest BCUT2D eigenvalue weighted by molar-refractivity contribution is -0.232. The number of amides is 1. The molecule has 0 unspecified atom stereocenters. The maximum Gasteiger partial charge on any atom is 0.262 e. The maximum absolute atomic E-state index is 12.6. The fourth-order valence-electron chi connectivity index (χ4n) is 3.95. The van der Waals surface area contributed by atoms with Crippen LogP contribution in [-0.4, -0.2) is 59.7 Å². The molecule has 10 heteroatoms. The van der Waals surface area contributed by atoms with Gasteiger partial charge in [-0.15, -0.1) is 0 Å². The van der Waals surface area contributed by atoms with Crippen LogP contribution in [0.5, 0.6) is 0 Å². The number of ether oxygens (including phenoxy) is 5. The van der Waals surface area contributed by atoms with E-state index in [4.69, 9.17) is 23.7 Å². The summed E-state index contributed by atoms with van der Waals surface area (Å²) in [6.07, 6.45) is -1.07. The standard InChI is InChI=1S/C21H24BrN3O6/c1-20(2)28-15-13(27-19-17(16(15)29-20)30-21(3,4)31-19)10-24-18(26)11(9-23)8-12-6-5-7-14(22)25-12/h5-8,13,15-17,19H,10H2,1-4H3,(H,24,26)/b11-8+/t13-,15+,16-,17-,19-/m1/s1. The summed E-state index contributed by atoms with van der Waals surface area (Å²) in [7, 11) is 0. The lowest BCUT2D eigenvalue weighted by atomic mass is 9.99. The molecule has 0 aliphatic carbocycles. The van der Waals surface area contributed by atoms with E-state index in [1.54, 1.807) is 32.0 Å². The predicted molar refractivity (Wildman–Crippen MR) is 111 cm³/mol. The first-order valence-corrected chi connectivity index (χ1v) is 10.8. The van der Waals surface area contributed by atoms with Crippen molar-refractivity contribution in [1.29, 1.82) is 5.26 Å². The van der Waals surface area contributed by atoms with Gasteiger partial charge in [0.2, 0.25) is 0 Å². The van der Waals surface area contributed by atoms with Crippen molar-refractivity contribution in [2.45, 2.75) is 70.0 Å². The van der Waals surface area contributed by atoms with Crippen molar-refractivity contribution in [3.8, 4) is 6.07 Å². The maximum atomic E-state index is 12.6. The number of pyridine rings is 1. The number of nitrogens with zero attached hydrogens (tertiary/aromatic N) is 2. The molecule has 0 bridgehead atoms. The van der Waals surface area contributed by atoms with Crippen molar-refractivity contribution in [1.82, 2.24) is 10.3 Å². The summed E-state index contributed by atoms with van der Waals surface area (Å²) in [5.74, 6) is -2.17. The number of halogens is 1. The largest absolute Gasteiger partial charge is 0.349 e. The first kappa shape index (κ1) is 22.3. The molecule has 4 heterocycles. The third-order valence-electron chi connectivity index (χ3n) is 5.11. The van der Waals surface area contributed by atoms with Gasteiger partial charge in [0, 0.05) is 6.54 Å². The molecule has 3 fully saturated rings. The van der Waals surface area contributed by atoms with E-state index in [1.807, 2.05) is 19.9 Å². The molecule has 0 saturated carbocycles. The number of hydrogen-bond donors (Lipinski definition) is 1. The molecule has 1 N–H and O–H groups in total. The molecule has 0 spiro atoms. The number of nitrogens with one attached hydrogen (secondary N) is 1. The monoisotopic (exact) mass is 493 g/mol. The quantitative estimate of drug-likeness (QED) is 0.386. The van der Waals surface area contributed by atoms with Gasteiger partial charge in [-0.25, -0.2) is 4.98 Å². The minimum atomic E-state index is -0.823. The molecule has 0 aromatic carbocycles. The number of carbonyl (C=O) groups is 1. The van der Waals surface area contributed by atoms with Crippen LogP contribution in [0.1, 0.15) is 33.4 Å². The zero-order valence-electron chi connectivity index (χ0n) is 17.6. The fourth-order valence-corrected chi connectivity index (χ4v) is 4.30. The van der Waals surface area contributed by atoms with Gasteiger partial charge in [0.15, 0.2) is 17.9 Å². The molecule has 1 amide bonds. The van der Waals surface area contributed by atoms with E-state index in [0.29, 0.717) is 10.3 Å². The van der Waals surface area contributed by atoms with Crippen LogP contribution in [0.25, 0.3) is 6.08 Å². The summed E-state index contributed by atoms with van der Waals surface area (Å²) in [5.41, 5.74) is 0.423. The Kier molecular flexibility index (Phi) is 5.93. The summed E-state index contributed by atoms with van der Waals surface area (Å²) < 4.78 is 30.6. The first-order chi connectivity index (χ1) is 14.6. The molecule has 31 heavy (non-hydrogen) atoms. The smallest absolute Gasteiger partial charge is 0.262 e. The SMILES string of the molecule is CC1(C)O[C@@H]2[C@@H](O1)[C@@H](CNC(=O)/C(C#N)=C/c1cccc(Br)n1)O[C@@H]1OC(C)(C)O[C@@H]12. The molecule has 5 atom stereocenters. The summed E-state index contributed by atoms with van der Waals surface area (Å²) in [6.45, 7) is 7.36. The number of carbonyl (C=O) groups excluding carboxylic acids is 1.